The number of halogens is 1. The lowest BCUT2D eigenvalue weighted by atomic mass is 10.2. The number of hydrogen-bond donors (Lipinski definition) is 2. The van der Waals surface area contributed by atoms with Crippen LogP contribution in [0.1, 0.15) is 17.3 Å². The molecule has 1 heterocycles. The molecule has 0 fully saturated rings. The molecule has 0 radical (unpaired) electrons. The molecule has 3 aromatic carbocycles. The van der Waals surface area contributed by atoms with Gasteiger partial charge in [0.25, 0.3) is 5.91 Å². The summed E-state index contributed by atoms with van der Waals surface area (Å²) < 4.78 is 6.17. The van der Waals surface area contributed by atoms with Crippen LogP contribution in [0, 0.1) is 0 Å². The number of carbonyl (C=O) groups is 1. The van der Waals surface area contributed by atoms with Crippen molar-refractivity contribution in [2.45, 2.75) is 6.92 Å². The fourth-order valence-electron chi connectivity index (χ4n) is 2.92. The monoisotopic (exact) mass is 513 g/mol. The summed E-state index contributed by atoms with van der Waals surface area (Å²) in [5, 5.41) is 14.9. The fraction of sp³-hybridized carbons (Fsp3) is 0.0909. The largest absolute Gasteiger partial charge is 0.493 e. The molecule has 4 N–H and O–H groups in total. The first-order valence-corrected chi connectivity index (χ1v) is 10.7. The third-order valence-corrected chi connectivity index (χ3v) is 5.17. The third kappa shape index (κ3) is 5.28. The zero-order valence-corrected chi connectivity index (χ0v) is 19.4. The first kappa shape index (κ1) is 23.3. The predicted octanol–water partition coefficient (Wildman–Crippen LogP) is 3.88. The van der Waals surface area contributed by atoms with E-state index in [1.54, 1.807) is 23.0 Å². The molecule has 4 rings (SSSR count). The minimum atomic E-state index is -0.322. The molecule has 0 spiro atoms. The Morgan fingerprint density at radius 2 is 1.81 bits per heavy atom. The molecular weight excluding hydrogens is 494 g/mol. The molecule has 1 aromatic heterocycles. The molecule has 0 saturated heterocycles. The summed E-state index contributed by atoms with van der Waals surface area (Å²) in [5.41, 5.74) is 3.49. The maximum atomic E-state index is 12.5. The number of fused-ring (bicyclic) bond motifs is 1. The highest BCUT2D eigenvalue weighted by Crippen LogP contribution is 2.26. The summed E-state index contributed by atoms with van der Waals surface area (Å²) in [6.45, 7) is 2.44. The quantitative estimate of drug-likeness (QED) is 0.391. The van der Waals surface area contributed by atoms with Gasteiger partial charge in [-0.1, -0.05) is 18.2 Å². The van der Waals surface area contributed by atoms with Crippen molar-refractivity contribution in [3.05, 3.63) is 76.8 Å². The molecular formula is C22H20BrN5O3S. The van der Waals surface area contributed by atoms with Crippen molar-refractivity contribution in [1.29, 1.82) is 0 Å². The van der Waals surface area contributed by atoms with E-state index in [4.69, 9.17) is 17.0 Å². The molecule has 10 heteroatoms. The number of carbonyl (C=O) groups excluding carboxylic acids is 1. The van der Waals surface area contributed by atoms with Crippen LogP contribution in [-0.2, 0) is 0 Å². The zero-order chi connectivity index (χ0) is 21.8. The van der Waals surface area contributed by atoms with Crippen LogP contribution in [0.15, 0.2) is 71.2 Å². The van der Waals surface area contributed by atoms with Gasteiger partial charge in [0.1, 0.15) is 16.8 Å². The van der Waals surface area contributed by atoms with Crippen LogP contribution in [-0.4, -0.2) is 38.1 Å². The second kappa shape index (κ2) is 10.3. The number of nitrogens with one attached hydrogen (secondary N) is 2. The Balaban J connectivity index is 0.00000289. The Labute approximate surface area is 198 Å². The Hall–Kier alpha value is -3.34. The fourth-order valence-corrected chi connectivity index (χ4v) is 3.63. The van der Waals surface area contributed by atoms with Crippen molar-refractivity contribution in [2.24, 2.45) is 0 Å². The van der Waals surface area contributed by atoms with Gasteiger partial charge in [-0.2, -0.15) is 4.80 Å². The lowest BCUT2D eigenvalue weighted by molar-refractivity contribution is 0.0977. The van der Waals surface area contributed by atoms with Gasteiger partial charge in [-0.05, 0) is 83.6 Å². The van der Waals surface area contributed by atoms with Gasteiger partial charge in [-0.3, -0.25) is 10.1 Å². The van der Waals surface area contributed by atoms with Crippen molar-refractivity contribution < 1.29 is 15.0 Å². The summed E-state index contributed by atoms with van der Waals surface area (Å²) in [4.78, 5) is 14.1. The number of amides is 1. The molecule has 0 aliphatic carbocycles. The Morgan fingerprint density at radius 3 is 2.53 bits per heavy atom. The lowest BCUT2D eigenvalue weighted by Gasteiger charge is -2.11. The average Bonchev–Trinajstić information content (AvgIpc) is 3.19. The standard InChI is InChI=1S/C22H18BrN5O2S.H2O/c1-2-30-20-11-8-14(12-17(20)23)21(29)25-22(31)24-15-9-10-18-19(13-15)27-28(26-18)16-6-4-3-5-7-16;/h3-13H,2H2,1H3,(H2,24,25,29,31);1H2. The van der Waals surface area contributed by atoms with Crippen LogP contribution < -0.4 is 15.4 Å². The van der Waals surface area contributed by atoms with Gasteiger partial charge in [0.15, 0.2) is 5.11 Å². The van der Waals surface area contributed by atoms with Crippen LogP contribution in [0.25, 0.3) is 16.7 Å². The molecule has 0 aliphatic heterocycles. The molecule has 164 valence electrons. The number of benzene rings is 3. The van der Waals surface area contributed by atoms with Gasteiger partial charge in [-0.25, -0.2) is 0 Å². The Morgan fingerprint density at radius 1 is 1.06 bits per heavy atom. The number of para-hydroxylation sites is 1. The van der Waals surface area contributed by atoms with Crippen LogP contribution in [0.3, 0.4) is 0 Å². The van der Waals surface area contributed by atoms with E-state index in [-0.39, 0.29) is 16.5 Å². The third-order valence-electron chi connectivity index (χ3n) is 4.35. The van der Waals surface area contributed by atoms with Crippen LogP contribution in [0.2, 0.25) is 0 Å². The van der Waals surface area contributed by atoms with E-state index in [1.807, 2.05) is 55.5 Å². The van der Waals surface area contributed by atoms with Crippen LogP contribution in [0.5, 0.6) is 5.75 Å². The van der Waals surface area contributed by atoms with Crippen molar-refractivity contribution in [1.82, 2.24) is 20.3 Å². The lowest BCUT2D eigenvalue weighted by Crippen LogP contribution is -2.34. The first-order chi connectivity index (χ1) is 15.0. The van der Waals surface area contributed by atoms with E-state index in [0.29, 0.717) is 33.6 Å². The van der Waals surface area contributed by atoms with E-state index >= 15 is 0 Å². The highest BCUT2D eigenvalue weighted by atomic mass is 79.9. The molecule has 0 atom stereocenters. The average molecular weight is 514 g/mol. The number of aromatic nitrogens is 3. The van der Waals surface area contributed by atoms with Gasteiger partial charge in [0.05, 0.1) is 16.8 Å². The molecule has 32 heavy (non-hydrogen) atoms. The Kier molecular flexibility index (Phi) is 7.52. The highest BCUT2D eigenvalue weighted by molar-refractivity contribution is 9.10. The number of anilines is 1. The predicted molar refractivity (Wildman–Crippen MR) is 131 cm³/mol. The van der Waals surface area contributed by atoms with E-state index in [2.05, 4.69) is 36.8 Å². The van der Waals surface area contributed by atoms with E-state index in [1.165, 1.54) is 0 Å². The number of ether oxygens (including phenoxy) is 1. The first-order valence-electron chi connectivity index (χ1n) is 9.50. The van der Waals surface area contributed by atoms with Gasteiger partial charge in [-0.15, -0.1) is 10.2 Å². The maximum Gasteiger partial charge on any atom is 0.257 e. The molecule has 0 aliphatic rings. The molecule has 1 amide bonds. The molecule has 8 nitrogen and oxygen atoms in total. The van der Waals surface area contributed by atoms with E-state index < -0.39 is 0 Å². The molecule has 0 saturated carbocycles. The zero-order valence-electron chi connectivity index (χ0n) is 17.0. The van der Waals surface area contributed by atoms with Gasteiger partial charge < -0.3 is 15.5 Å². The number of hydrogen-bond acceptors (Lipinski definition) is 5. The topological polar surface area (TPSA) is 113 Å². The van der Waals surface area contributed by atoms with Crippen molar-refractivity contribution in [3.63, 3.8) is 0 Å². The van der Waals surface area contributed by atoms with E-state index in [9.17, 15) is 4.79 Å². The molecule has 4 aromatic rings. The van der Waals surface area contributed by atoms with E-state index in [0.717, 1.165) is 11.2 Å². The summed E-state index contributed by atoms with van der Waals surface area (Å²) >= 11 is 8.71. The number of nitrogens with zero attached hydrogens (tertiary/aromatic N) is 3. The molecule has 0 bridgehead atoms. The second-order valence-corrected chi connectivity index (χ2v) is 7.78. The van der Waals surface area contributed by atoms with Gasteiger partial charge in [0, 0.05) is 11.3 Å². The minimum absolute atomic E-state index is 0. The second-order valence-electron chi connectivity index (χ2n) is 6.51. The van der Waals surface area contributed by atoms with Crippen LogP contribution in [0.4, 0.5) is 5.69 Å². The SMILES string of the molecule is CCOc1ccc(C(=O)NC(=S)Nc2ccc3nn(-c4ccccc4)nc3c2)cc1Br.O. The summed E-state index contributed by atoms with van der Waals surface area (Å²) in [5.74, 6) is 0.356. The van der Waals surface area contributed by atoms with Gasteiger partial charge in [0.2, 0.25) is 0 Å². The smallest absolute Gasteiger partial charge is 0.257 e. The highest BCUT2D eigenvalue weighted by Gasteiger charge is 2.12. The maximum absolute atomic E-state index is 12.5. The normalized spacial score (nSPS) is 10.3. The van der Waals surface area contributed by atoms with Crippen LogP contribution >= 0.6 is 28.1 Å². The minimum Gasteiger partial charge on any atom is -0.493 e. The molecule has 0 unspecified atom stereocenters. The number of thiocarbonyl (C=S) groups is 1. The summed E-state index contributed by atoms with van der Waals surface area (Å²) in [6.07, 6.45) is 0. The summed E-state index contributed by atoms with van der Waals surface area (Å²) in [7, 11) is 0. The van der Waals surface area contributed by atoms with Crippen molar-refractivity contribution in [2.75, 3.05) is 11.9 Å². The van der Waals surface area contributed by atoms with Gasteiger partial charge >= 0.3 is 0 Å². The summed E-state index contributed by atoms with van der Waals surface area (Å²) in [6, 6.07) is 20.3. The van der Waals surface area contributed by atoms with Crippen molar-refractivity contribution >= 4 is 55.9 Å². The Bertz CT molecular complexity index is 1260. The van der Waals surface area contributed by atoms with Crippen molar-refractivity contribution in [3.8, 4) is 11.4 Å². The number of rotatable bonds is 5.